The highest BCUT2D eigenvalue weighted by atomic mass is 16.5. The number of rotatable bonds is 6. The molecule has 0 aromatic rings. The molecular formula is C8H18O5. The van der Waals surface area contributed by atoms with Gasteiger partial charge in [0, 0.05) is 0 Å². The van der Waals surface area contributed by atoms with Gasteiger partial charge in [0.25, 0.3) is 0 Å². The van der Waals surface area contributed by atoms with Crippen LogP contribution in [-0.2, 0) is 4.74 Å². The number of aliphatic hydroxyl groups excluding tert-OH is 4. The molecule has 4 unspecified atom stereocenters. The Morgan fingerprint density at radius 3 is 1.46 bits per heavy atom. The zero-order valence-corrected chi connectivity index (χ0v) is 7.92. The van der Waals surface area contributed by atoms with E-state index in [1.807, 2.05) is 0 Å². The standard InChI is InChI=1S/C8H18O5/c1-5(7(11)3-9)13-6(2)8(12)4-10/h5-12H,3-4H2,1-2H3. The van der Waals surface area contributed by atoms with Crippen LogP contribution in [0, 0.1) is 0 Å². The third kappa shape index (κ3) is 4.54. The summed E-state index contributed by atoms with van der Waals surface area (Å²) in [6, 6.07) is 0. The molecule has 0 rings (SSSR count). The van der Waals surface area contributed by atoms with E-state index in [2.05, 4.69) is 0 Å². The lowest BCUT2D eigenvalue weighted by Crippen LogP contribution is -2.38. The molecule has 0 aliphatic carbocycles. The van der Waals surface area contributed by atoms with Gasteiger partial charge in [-0.1, -0.05) is 0 Å². The van der Waals surface area contributed by atoms with Crippen molar-refractivity contribution in [2.24, 2.45) is 0 Å². The smallest absolute Gasteiger partial charge is 0.103 e. The molecule has 0 aromatic carbocycles. The fourth-order valence-corrected chi connectivity index (χ4v) is 0.817. The predicted molar refractivity (Wildman–Crippen MR) is 46.2 cm³/mol. The van der Waals surface area contributed by atoms with Crippen LogP contribution in [0.15, 0.2) is 0 Å². The van der Waals surface area contributed by atoms with Gasteiger partial charge in [0.2, 0.25) is 0 Å². The summed E-state index contributed by atoms with van der Waals surface area (Å²) >= 11 is 0. The molecule has 4 atom stereocenters. The van der Waals surface area contributed by atoms with Gasteiger partial charge in [-0.3, -0.25) is 0 Å². The molecule has 0 radical (unpaired) electrons. The summed E-state index contributed by atoms with van der Waals surface area (Å²) in [5.74, 6) is 0. The van der Waals surface area contributed by atoms with E-state index in [0.717, 1.165) is 0 Å². The summed E-state index contributed by atoms with van der Waals surface area (Å²) in [5, 5.41) is 35.4. The van der Waals surface area contributed by atoms with Crippen LogP contribution in [0.4, 0.5) is 0 Å². The van der Waals surface area contributed by atoms with Crippen LogP contribution in [0.2, 0.25) is 0 Å². The minimum absolute atomic E-state index is 0.386. The van der Waals surface area contributed by atoms with Crippen molar-refractivity contribution in [3.8, 4) is 0 Å². The van der Waals surface area contributed by atoms with Gasteiger partial charge in [-0.2, -0.15) is 0 Å². The fraction of sp³-hybridized carbons (Fsp3) is 1.00. The summed E-state index contributed by atoms with van der Waals surface area (Å²) in [5.41, 5.74) is 0. The quantitative estimate of drug-likeness (QED) is 0.412. The van der Waals surface area contributed by atoms with Crippen molar-refractivity contribution in [3.63, 3.8) is 0 Å². The van der Waals surface area contributed by atoms with Crippen LogP contribution in [0.3, 0.4) is 0 Å². The van der Waals surface area contributed by atoms with E-state index in [4.69, 9.17) is 25.2 Å². The lowest BCUT2D eigenvalue weighted by atomic mass is 10.2. The van der Waals surface area contributed by atoms with Crippen LogP contribution in [0.5, 0.6) is 0 Å². The highest BCUT2D eigenvalue weighted by Gasteiger charge is 2.20. The maximum Gasteiger partial charge on any atom is 0.103 e. The van der Waals surface area contributed by atoms with Crippen LogP contribution >= 0.6 is 0 Å². The Balaban J connectivity index is 3.83. The van der Waals surface area contributed by atoms with Crippen molar-refractivity contribution in [1.82, 2.24) is 0 Å². The highest BCUT2D eigenvalue weighted by molar-refractivity contribution is 4.68. The average Bonchev–Trinajstić information content (AvgIpc) is 2.14. The van der Waals surface area contributed by atoms with Gasteiger partial charge < -0.3 is 25.2 Å². The first kappa shape index (κ1) is 12.8. The van der Waals surface area contributed by atoms with Gasteiger partial charge in [-0.05, 0) is 13.8 Å². The molecule has 0 heterocycles. The molecule has 0 bridgehead atoms. The van der Waals surface area contributed by atoms with Crippen molar-refractivity contribution in [1.29, 1.82) is 0 Å². The highest BCUT2D eigenvalue weighted by Crippen LogP contribution is 2.06. The first-order valence-electron chi connectivity index (χ1n) is 4.26. The predicted octanol–water partition coefficient (Wildman–Crippen LogP) is -1.51. The lowest BCUT2D eigenvalue weighted by Gasteiger charge is -2.24. The minimum atomic E-state index is -0.964. The van der Waals surface area contributed by atoms with E-state index in [1.165, 1.54) is 0 Å². The molecule has 13 heavy (non-hydrogen) atoms. The van der Waals surface area contributed by atoms with Crippen LogP contribution in [0.1, 0.15) is 13.8 Å². The SMILES string of the molecule is CC(OC(C)C(O)CO)C(O)CO. The summed E-state index contributed by atoms with van der Waals surface area (Å²) < 4.78 is 5.14. The van der Waals surface area contributed by atoms with E-state index in [-0.39, 0.29) is 13.2 Å². The third-order valence-corrected chi connectivity index (χ3v) is 1.89. The Labute approximate surface area is 77.6 Å². The topological polar surface area (TPSA) is 90.2 Å². The molecule has 0 saturated heterocycles. The molecule has 0 saturated carbocycles. The van der Waals surface area contributed by atoms with Gasteiger partial charge >= 0.3 is 0 Å². The molecule has 0 spiro atoms. The number of ether oxygens (including phenoxy) is 1. The second kappa shape index (κ2) is 6.28. The number of hydrogen-bond donors (Lipinski definition) is 4. The molecule has 0 amide bonds. The monoisotopic (exact) mass is 194 g/mol. The zero-order chi connectivity index (χ0) is 10.4. The molecule has 0 aliphatic rings. The maximum atomic E-state index is 9.11. The van der Waals surface area contributed by atoms with Gasteiger partial charge in [0.1, 0.15) is 12.2 Å². The van der Waals surface area contributed by atoms with Crippen LogP contribution < -0.4 is 0 Å². The first-order valence-corrected chi connectivity index (χ1v) is 4.26. The molecule has 5 heteroatoms. The Hall–Kier alpha value is -0.200. The van der Waals surface area contributed by atoms with Crippen LogP contribution in [0.25, 0.3) is 0 Å². The van der Waals surface area contributed by atoms with Crippen molar-refractivity contribution in [2.45, 2.75) is 38.3 Å². The Morgan fingerprint density at radius 1 is 0.923 bits per heavy atom. The fourth-order valence-electron chi connectivity index (χ4n) is 0.817. The van der Waals surface area contributed by atoms with E-state index >= 15 is 0 Å². The lowest BCUT2D eigenvalue weighted by molar-refractivity contribution is -0.118. The average molecular weight is 194 g/mol. The zero-order valence-electron chi connectivity index (χ0n) is 7.92. The second-order valence-electron chi connectivity index (χ2n) is 3.05. The van der Waals surface area contributed by atoms with E-state index in [1.54, 1.807) is 13.8 Å². The molecule has 80 valence electrons. The van der Waals surface area contributed by atoms with E-state index < -0.39 is 24.4 Å². The summed E-state index contributed by atoms with van der Waals surface area (Å²) in [7, 11) is 0. The van der Waals surface area contributed by atoms with E-state index in [0.29, 0.717) is 0 Å². The van der Waals surface area contributed by atoms with Gasteiger partial charge in [-0.15, -0.1) is 0 Å². The van der Waals surface area contributed by atoms with Gasteiger partial charge in [0.15, 0.2) is 0 Å². The first-order chi connectivity index (χ1) is 6.02. The van der Waals surface area contributed by atoms with Crippen molar-refractivity contribution in [3.05, 3.63) is 0 Å². The number of aliphatic hydroxyl groups is 4. The Morgan fingerprint density at radius 2 is 1.23 bits per heavy atom. The second-order valence-corrected chi connectivity index (χ2v) is 3.05. The summed E-state index contributed by atoms with van der Waals surface area (Å²) in [6.45, 7) is 2.40. The number of hydrogen-bond acceptors (Lipinski definition) is 5. The largest absolute Gasteiger partial charge is 0.394 e. The molecule has 0 fully saturated rings. The molecular weight excluding hydrogens is 176 g/mol. The molecule has 0 aromatic heterocycles. The van der Waals surface area contributed by atoms with Crippen molar-refractivity contribution in [2.75, 3.05) is 13.2 Å². The summed E-state index contributed by atoms with van der Waals surface area (Å²) in [4.78, 5) is 0. The van der Waals surface area contributed by atoms with Crippen molar-refractivity contribution >= 4 is 0 Å². The third-order valence-electron chi connectivity index (χ3n) is 1.89. The molecule has 0 aliphatic heterocycles. The minimum Gasteiger partial charge on any atom is -0.394 e. The van der Waals surface area contributed by atoms with Gasteiger partial charge in [0.05, 0.1) is 25.4 Å². The van der Waals surface area contributed by atoms with Crippen LogP contribution in [-0.4, -0.2) is 58.1 Å². The maximum absolute atomic E-state index is 9.11. The summed E-state index contributed by atoms with van der Waals surface area (Å²) in [6.07, 6.45) is -3.07. The normalized spacial score (nSPS) is 20.8. The van der Waals surface area contributed by atoms with E-state index in [9.17, 15) is 0 Å². The Bertz CT molecular complexity index is 116. The Kier molecular flexibility index (Phi) is 6.19. The molecule has 4 N–H and O–H groups in total. The molecule has 5 nitrogen and oxygen atoms in total. The van der Waals surface area contributed by atoms with Crippen molar-refractivity contribution < 1.29 is 25.2 Å². The van der Waals surface area contributed by atoms with Gasteiger partial charge in [-0.25, -0.2) is 0 Å².